The highest BCUT2D eigenvalue weighted by atomic mass is 15.6. The van der Waals surface area contributed by atoms with Crippen molar-refractivity contribution in [2.24, 2.45) is 27.5 Å². The van der Waals surface area contributed by atoms with Gasteiger partial charge in [0.1, 0.15) is 11.7 Å². The molecule has 1 saturated carbocycles. The highest BCUT2D eigenvalue weighted by Gasteiger charge is 2.39. The van der Waals surface area contributed by atoms with E-state index in [9.17, 15) is 0 Å². The molecule has 1 aliphatic heterocycles. The zero-order valence-electron chi connectivity index (χ0n) is 10.1. The summed E-state index contributed by atoms with van der Waals surface area (Å²) in [4.78, 5) is 8.95. The van der Waals surface area contributed by atoms with Crippen LogP contribution >= 0.6 is 0 Å². The molecular formula is C11H21N5. The SMILES string of the molecule is CCCCC1=NC(C)(N)N(N)C(C2CC2)=N1. The Kier molecular flexibility index (Phi) is 2.99. The zero-order chi connectivity index (χ0) is 11.8. The predicted octanol–water partition coefficient (Wildman–Crippen LogP) is 1.21. The molecule has 0 spiro atoms. The Labute approximate surface area is 96.6 Å². The predicted molar refractivity (Wildman–Crippen MR) is 65.7 cm³/mol. The number of rotatable bonds is 4. The highest BCUT2D eigenvalue weighted by molar-refractivity contribution is 6.00. The Bertz CT molecular complexity index is 327. The van der Waals surface area contributed by atoms with Crippen LogP contribution in [0.1, 0.15) is 46.0 Å². The number of unbranched alkanes of at least 4 members (excludes halogenated alkanes) is 1. The van der Waals surface area contributed by atoms with Crippen LogP contribution in [0.5, 0.6) is 0 Å². The molecule has 0 radical (unpaired) electrons. The largest absolute Gasteiger partial charge is 0.289 e. The van der Waals surface area contributed by atoms with Crippen molar-refractivity contribution >= 4 is 11.7 Å². The van der Waals surface area contributed by atoms with Crippen molar-refractivity contribution in [2.75, 3.05) is 0 Å². The molecule has 0 aromatic heterocycles. The van der Waals surface area contributed by atoms with Crippen molar-refractivity contribution in [3.63, 3.8) is 0 Å². The zero-order valence-corrected chi connectivity index (χ0v) is 10.1. The van der Waals surface area contributed by atoms with Crippen LogP contribution in [-0.4, -0.2) is 22.5 Å². The molecule has 0 aromatic carbocycles. The summed E-state index contributed by atoms with van der Waals surface area (Å²) < 4.78 is 0. The van der Waals surface area contributed by atoms with Gasteiger partial charge in [-0.25, -0.2) is 15.8 Å². The van der Waals surface area contributed by atoms with Crippen molar-refractivity contribution in [3.05, 3.63) is 0 Å². The molecular weight excluding hydrogens is 202 g/mol. The maximum absolute atomic E-state index is 6.07. The topological polar surface area (TPSA) is 80.0 Å². The second-order valence-corrected chi connectivity index (χ2v) is 4.84. The van der Waals surface area contributed by atoms with Gasteiger partial charge in [-0.3, -0.25) is 10.7 Å². The number of aliphatic imine (C=N–C) groups is 2. The maximum Gasteiger partial charge on any atom is 0.198 e. The van der Waals surface area contributed by atoms with E-state index < -0.39 is 5.79 Å². The molecule has 90 valence electrons. The van der Waals surface area contributed by atoms with Crippen LogP contribution in [0, 0.1) is 5.92 Å². The fraction of sp³-hybridized carbons (Fsp3) is 0.818. The molecule has 16 heavy (non-hydrogen) atoms. The number of hydrazine groups is 1. The van der Waals surface area contributed by atoms with Gasteiger partial charge in [0.15, 0.2) is 5.79 Å². The molecule has 4 N–H and O–H groups in total. The van der Waals surface area contributed by atoms with Crippen LogP contribution in [0.3, 0.4) is 0 Å². The van der Waals surface area contributed by atoms with Gasteiger partial charge in [-0.05, 0) is 26.2 Å². The standard InChI is InChI=1S/C11H21N5/c1-3-4-5-9-14-10(8-6-7-8)16(13)11(2,12)15-9/h8H,3-7,12-13H2,1-2H3. The summed E-state index contributed by atoms with van der Waals surface area (Å²) in [5.41, 5.74) is 6.07. The number of nitrogens with two attached hydrogens (primary N) is 2. The van der Waals surface area contributed by atoms with E-state index in [1.165, 1.54) is 17.9 Å². The third-order valence-corrected chi connectivity index (χ3v) is 3.03. The van der Waals surface area contributed by atoms with E-state index >= 15 is 0 Å². The van der Waals surface area contributed by atoms with Crippen molar-refractivity contribution in [3.8, 4) is 0 Å². The van der Waals surface area contributed by atoms with Crippen LogP contribution in [0.15, 0.2) is 9.98 Å². The van der Waals surface area contributed by atoms with Gasteiger partial charge >= 0.3 is 0 Å². The average Bonchev–Trinajstić information content (AvgIpc) is 3.03. The lowest BCUT2D eigenvalue weighted by atomic mass is 10.2. The molecule has 1 unspecified atom stereocenters. The lowest BCUT2D eigenvalue weighted by Crippen LogP contribution is -2.61. The average molecular weight is 223 g/mol. The quantitative estimate of drug-likeness (QED) is 0.703. The van der Waals surface area contributed by atoms with Crippen molar-refractivity contribution in [1.82, 2.24) is 5.01 Å². The Balaban J connectivity index is 2.17. The Morgan fingerprint density at radius 1 is 1.50 bits per heavy atom. The minimum Gasteiger partial charge on any atom is -0.289 e. The molecule has 0 saturated heterocycles. The highest BCUT2D eigenvalue weighted by Crippen LogP contribution is 2.34. The molecule has 5 nitrogen and oxygen atoms in total. The number of nitrogens with zero attached hydrogens (tertiary/aromatic N) is 3. The first-order valence-electron chi connectivity index (χ1n) is 6.05. The fourth-order valence-corrected chi connectivity index (χ4v) is 1.83. The van der Waals surface area contributed by atoms with E-state index in [0.717, 1.165) is 30.9 Å². The van der Waals surface area contributed by atoms with Gasteiger partial charge in [0.25, 0.3) is 0 Å². The van der Waals surface area contributed by atoms with E-state index in [0.29, 0.717) is 5.92 Å². The van der Waals surface area contributed by atoms with E-state index in [1.807, 2.05) is 6.92 Å². The molecule has 2 aliphatic rings. The van der Waals surface area contributed by atoms with Crippen LogP contribution in [0.25, 0.3) is 0 Å². The number of amidine groups is 2. The van der Waals surface area contributed by atoms with E-state index in [2.05, 4.69) is 16.9 Å². The Morgan fingerprint density at radius 3 is 2.75 bits per heavy atom. The first kappa shape index (κ1) is 11.5. The van der Waals surface area contributed by atoms with Gasteiger partial charge in [0.05, 0.1) is 0 Å². The minimum atomic E-state index is -0.831. The summed E-state index contributed by atoms with van der Waals surface area (Å²) in [5, 5.41) is 1.53. The van der Waals surface area contributed by atoms with Gasteiger partial charge in [0.2, 0.25) is 0 Å². The summed E-state index contributed by atoms with van der Waals surface area (Å²) in [6, 6.07) is 0. The molecule has 0 amide bonds. The normalized spacial score (nSPS) is 30.1. The van der Waals surface area contributed by atoms with Crippen LogP contribution in [0.4, 0.5) is 0 Å². The summed E-state index contributed by atoms with van der Waals surface area (Å²) in [6.45, 7) is 3.99. The number of hydrogen-bond acceptors (Lipinski definition) is 5. The molecule has 0 bridgehead atoms. The third kappa shape index (κ3) is 2.25. The van der Waals surface area contributed by atoms with E-state index in [-0.39, 0.29) is 0 Å². The molecule has 1 heterocycles. The van der Waals surface area contributed by atoms with Crippen LogP contribution < -0.4 is 11.6 Å². The second kappa shape index (κ2) is 4.14. The number of hydrogen-bond donors (Lipinski definition) is 2. The van der Waals surface area contributed by atoms with Gasteiger partial charge < -0.3 is 0 Å². The van der Waals surface area contributed by atoms with Crippen molar-refractivity contribution in [2.45, 2.75) is 51.7 Å². The molecule has 1 aliphatic carbocycles. The van der Waals surface area contributed by atoms with Gasteiger partial charge in [-0.2, -0.15) is 0 Å². The molecule has 0 aromatic rings. The first-order chi connectivity index (χ1) is 7.54. The molecule has 5 heteroatoms. The lowest BCUT2D eigenvalue weighted by Gasteiger charge is -2.36. The van der Waals surface area contributed by atoms with Crippen molar-refractivity contribution in [1.29, 1.82) is 0 Å². The molecule has 2 rings (SSSR count). The summed E-state index contributed by atoms with van der Waals surface area (Å²) >= 11 is 0. The smallest absolute Gasteiger partial charge is 0.198 e. The molecule has 1 fully saturated rings. The van der Waals surface area contributed by atoms with Gasteiger partial charge in [-0.15, -0.1) is 0 Å². The van der Waals surface area contributed by atoms with Crippen LogP contribution in [-0.2, 0) is 0 Å². The summed E-state index contributed by atoms with van der Waals surface area (Å²) in [6.07, 6.45) is 5.47. The maximum atomic E-state index is 6.07. The minimum absolute atomic E-state index is 0.500. The van der Waals surface area contributed by atoms with E-state index in [1.54, 1.807) is 0 Å². The van der Waals surface area contributed by atoms with Crippen LogP contribution in [0.2, 0.25) is 0 Å². The summed E-state index contributed by atoms with van der Waals surface area (Å²) in [5.74, 6) is 7.41. The monoisotopic (exact) mass is 223 g/mol. The lowest BCUT2D eigenvalue weighted by molar-refractivity contribution is 0.204. The fourth-order valence-electron chi connectivity index (χ4n) is 1.83. The second-order valence-electron chi connectivity index (χ2n) is 4.84. The Hall–Kier alpha value is -0.940. The Morgan fingerprint density at radius 2 is 2.19 bits per heavy atom. The summed E-state index contributed by atoms with van der Waals surface area (Å²) in [7, 11) is 0. The van der Waals surface area contributed by atoms with Gasteiger partial charge in [0, 0.05) is 12.3 Å². The van der Waals surface area contributed by atoms with E-state index in [4.69, 9.17) is 11.6 Å². The first-order valence-corrected chi connectivity index (χ1v) is 6.05. The van der Waals surface area contributed by atoms with Crippen molar-refractivity contribution < 1.29 is 0 Å². The van der Waals surface area contributed by atoms with Gasteiger partial charge in [-0.1, -0.05) is 13.3 Å². The third-order valence-electron chi connectivity index (χ3n) is 3.03. The molecule has 1 atom stereocenters.